The average Bonchev–Trinajstić information content (AvgIpc) is 2.75. The third-order valence-electron chi connectivity index (χ3n) is 3.56. The van der Waals surface area contributed by atoms with Gasteiger partial charge in [-0.3, -0.25) is 4.68 Å². The predicted molar refractivity (Wildman–Crippen MR) is 69.6 cm³/mol. The summed E-state index contributed by atoms with van der Waals surface area (Å²) in [4.78, 5) is 11.2. The normalized spacial score (nSPS) is 12.7. The first-order chi connectivity index (χ1) is 9.13. The SMILES string of the molecule is COc1cccc2c1-c1c(c(C(=O)O)nn1C)CC2. The molecule has 0 aliphatic heterocycles. The average molecular weight is 258 g/mol. The number of aromatic carboxylic acids is 1. The zero-order chi connectivity index (χ0) is 13.6. The summed E-state index contributed by atoms with van der Waals surface area (Å²) >= 11 is 0. The van der Waals surface area contributed by atoms with Crippen LogP contribution in [0.2, 0.25) is 0 Å². The number of aryl methyl sites for hydroxylation is 2. The Kier molecular flexibility index (Phi) is 2.55. The van der Waals surface area contributed by atoms with Gasteiger partial charge < -0.3 is 9.84 Å². The first-order valence-electron chi connectivity index (χ1n) is 6.09. The molecule has 3 rings (SSSR count). The van der Waals surface area contributed by atoms with Crippen LogP contribution in [-0.4, -0.2) is 28.0 Å². The Morgan fingerprint density at radius 1 is 1.42 bits per heavy atom. The zero-order valence-corrected chi connectivity index (χ0v) is 10.8. The number of carbonyl (C=O) groups is 1. The second-order valence-corrected chi connectivity index (χ2v) is 4.60. The Balaban J connectivity index is 2.32. The molecule has 0 unspecified atom stereocenters. The van der Waals surface area contributed by atoms with Crippen LogP contribution in [0.3, 0.4) is 0 Å². The summed E-state index contributed by atoms with van der Waals surface area (Å²) in [6.45, 7) is 0. The van der Waals surface area contributed by atoms with Gasteiger partial charge in [0.1, 0.15) is 5.75 Å². The predicted octanol–water partition coefficient (Wildman–Crippen LogP) is 1.89. The molecule has 0 bridgehead atoms. The minimum atomic E-state index is -0.977. The highest BCUT2D eigenvalue weighted by atomic mass is 16.5. The van der Waals surface area contributed by atoms with Crippen LogP contribution < -0.4 is 4.74 Å². The molecule has 1 heterocycles. The highest BCUT2D eigenvalue weighted by Crippen LogP contribution is 2.40. The van der Waals surface area contributed by atoms with Crippen molar-refractivity contribution in [3.63, 3.8) is 0 Å². The molecule has 0 amide bonds. The molecule has 1 N–H and O–H groups in total. The summed E-state index contributed by atoms with van der Waals surface area (Å²) < 4.78 is 7.04. The number of hydrogen-bond donors (Lipinski definition) is 1. The number of methoxy groups -OCH3 is 1. The van der Waals surface area contributed by atoms with Gasteiger partial charge in [0.05, 0.1) is 12.8 Å². The van der Waals surface area contributed by atoms with Crippen molar-refractivity contribution in [1.82, 2.24) is 9.78 Å². The van der Waals surface area contributed by atoms with Gasteiger partial charge in [-0.2, -0.15) is 5.10 Å². The Hall–Kier alpha value is -2.30. The molecule has 0 saturated carbocycles. The molecule has 0 atom stereocenters. The van der Waals surface area contributed by atoms with Crippen LogP contribution >= 0.6 is 0 Å². The number of carboxylic acids is 1. The molecule has 0 saturated heterocycles. The Morgan fingerprint density at radius 2 is 2.21 bits per heavy atom. The maximum atomic E-state index is 11.2. The molecule has 0 radical (unpaired) electrons. The summed E-state index contributed by atoms with van der Waals surface area (Å²) in [6, 6.07) is 5.90. The lowest BCUT2D eigenvalue weighted by molar-refractivity contribution is 0.0688. The quantitative estimate of drug-likeness (QED) is 0.893. The van der Waals surface area contributed by atoms with Gasteiger partial charge >= 0.3 is 5.97 Å². The Labute approximate surface area is 110 Å². The Morgan fingerprint density at radius 3 is 2.89 bits per heavy atom. The first-order valence-corrected chi connectivity index (χ1v) is 6.09. The van der Waals surface area contributed by atoms with Crippen molar-refractivity contribution < 1.29 is 14.6 Å². The highest BCUT2D eigenvalue weighted by molar-refractivity contribution is 5.91. The lowest BCUT2D eigenvalue weighted by Gasteiger charge is -2.20. The monoisotopic (exact) mass is 258 g/mol. The molecule has 1 aliphatic rings. The van der Waals surface area contributed by atoms with Crippen molar-refractivity contribution in [3.05, 3.63) is 35.0 Å². The van der Waals surface area contributed by atoms with E-state index < -0.39 is 5.97 Å². The van der Waals surface area contributed by atoms with Crippen molar-refractivity contribution in [1.29, 1.82) is 0 Å². The van der Waals surface area contributed by atoms with Crippen molar-refractivity contribution in [2.75, 3.05) is 7.11 Å². The van der Waals surface area contributed by atoms with Crippen molar-refractivity contribution >= 4 is 5.97 Å². The van der Waals surface area contributed by atoms with Gasteiger partial charge in [-0.05, 0) is 24.5 Å². The molecule has 5 nitrogen and oxygen atoms in total. The molecule has 0 spiro atoms. The molecular formula is C14H14N2O3. The van der Waals surface area contributed by atoms with E-state index in [0.29, 0.717) is 6.42 Å². The van der Waals surface area contributed by atoms with E-state index in [2.05, 4.69) is 5.10 Å². The largest absolute Gasteiger partial charge is 0.496 e. The molecule has 19 heavy (non-hydrogen) atoms. The topological polar surface area (TPSA) is 64.3 Å². The summed E-state index contributed by atoms with van der Waals surface area (Å²) in [5, 5.41) is 13.3. The highest BCUT2D eigenvalue weighted by Gasteiger charge is 2.28. The molecule has 1 aliphatic carbocycles. The summed E-state index contributed by atoms with van der Waals surface area (Å²) in [5.41, 5.74) is 3.94. The van der Waals surface area contributed by atoms with E-state index in [1.807, 2.05) is 18.2 Å². The number of ether oxygens (including phenoxy) is 1. The fourth-order valence-corrected chi connectivity index (χ4v) is 2.77. The minimum Gasteiger partial charge on any atom is -0.496 e. The lowest BCUT2D eigenvalue weighted by atomic mass is 9.88. The van der Waals surface area contributed by atoms with Crippen LogP contribution in [0.1, 0.15) is 21.6 Å². The number of fused-ring (bicyclic) bond motifs is 3. The third kappa shape index (κ3) is 1.62. The molecule has 98 valence electrons. The number of benzene rings is 1. The number of hydrogen-bond acceptors (Lipinski definition) is 3. The summed E-state index contributed by atoms with van der Waals surface area (Å²) in [6.07, 6.45) is 1.51. The van der Waals surface area contributed by atoms with E-state index in [-0.39, 0.29) is 5.69 Å². The van der Waals surface area contributed by atoms with E-state index in [1.165, 1.54) is 5.56 Å². The molecule has 1 aromatic carbocycles. The molecule has 0 fully saturated rings. The summed E-state index contributed by atoms with van der Waals surface area (Å²) in [7, 11) is 3.39. The van der Waals surface area contributed by atoms with Crippen LogP contribution in [0.4, 0.5) is 0 Å². The van der Waals surface area contributed by atoms with Crippen LogP contribution in [0.5, 0.6) is 5.75 Å². The lowest BCUT2D eigenvalue weighted by Crippen LogP contribution is -2.09. The van der Waals surface area contributed by atoms with Gasteiger partial charge in [0, 0.05) is 18.2 Å². The summed E-state index contributed by atoms with van der Waals surface area (Å²) in [5.74, 6) is -0.214. The second kappa shape index (κ2) is 4.12. The molecule has 1 aromatic heterocycles. The second-order valence-electron chi connectivity index (χ2n) is 4.60. The Bertz CT molecular complexity index is 659. The van der Waals surface area contributed by atoms with Gasteiger partial charge in [0.2, 0.25) is 0 Å². The maximum Gasteiger partial charge on any atom is 0.356 e. The fourth-order valence-electron chi connectivity index (χ4n) is 2.77. The maximum absolute atomic E-state index is 11.2. The smallest absolute Gasteiger partial charge is 0.356 e. The van der Waals surface area contributed by atoms with Gasteiger partial charge in [-0.25, -0.2) is 4.79 Å². The van der Waals surface area contributed by atoms with E-state index in [4.69, 9.17) is 4.74 Å². The minimum absolute atomic E-state index is 0.147. The van der Waals surface area contributed by atoms with Crippen LogP contribution in [0, 0.1) is 0 Å². The van der Waals surface area contributed by atoms with Crippen molar-refractivity contribution in [3.8, 4) is 17.0 Å². The third-order valence-corrected chi connectivity index (χ3v) is 3.56. The van der Waals surface area contributed by atoms with Gasteiger partial charge in [-0.15, -0.1) is 0 Å². The van der Waals surface area contributed by atoms with Gasteiger partial charge in [0.15, 0.2) is 5.69 Å². The van der Waals surface area contributed by atoms with Crippen molar-refractivity contribution in [2.45, 2.75) is 12.8 Å². The zero-order valence-electron chi connectivity index (χ0n) is 10.8. The standard InChI is InChI=1S/C14H14N2O3/c1-16-13-9(12(15-16)14(17)18)7-6-8-4-3-5-10(19-2)11(8)13/h3-5H,6-7H2,1-2H3,(H,17,18). The van der Waals surface area contributed by atoms with E-state index in [0.717, 1.165) is 29.0 Å². The van der Waals surface area contributed by atoms with E-state index in [9.17, 15) is 9.90 Å². The molecule has 2 aromatic rings. The van der Waals surface area contributed by atoms with Crippen LogP contribution in [0.25, 0.3) is 11.3 Å². The number of aromatic nitrogens is 2. The van der Waals surface area contributed by atoms with Crippen LogP contribution in [-0.2, 0) is 19.9 Å². The molecule has 5 heteroatoms. The first kappa shape index (κ1) is 11.8. The number of nitrogens with zero attached hydrogens (tertiary/aromatic N) is 2. The van der Waals surface area contributed by atoms with Gasteiger partial charge in [-0.1, -0.05) is 12.1 Å². The van der Waals surface area contributed by atoms with Gasteiger partial charge in [0.25, 0.3) is 0 Å². The molecular weight excluding hydrogens is 244 g/mol. The van der Waals surface area contributed by atoms with Crippen LogP contribution in [0.15, 0.2) is 18.2 Å². The number of rotatable bonds is 2. The van der Waals surface area contributed by atoms with E-state index in [1.54, 1.807) is 18.8 Å². The number of carboxylic acid groups (broad SMARTS) is 1. The van der Waals surface area contributed by atoms with E-state index >= 15 is 0 Å². The van der Waals surface area contributed by atoms with Crippen molar-refractivity contribution in [2.24, 2.45) is 7.05 Å². The fraction of sp³-hybridized carbons (Fsp3) is 0.286.